The summed E-state index contributed by atoms with van der Waals surface area (Å²) < 4.78 is 7.52. The van der Waals surface area contributed by atoms with Crippen molar-refractivity contribution in [3.63, 3.8) is 0 Å². The highest BCUT2D eigenvalue weighted by Crippen LogP contribution is 2.33. The first-order valence-corrected chi connectivity index (χ1v) is 6.50. The van der Waals surface area contributed by atoms with Gasteiger partial charge in [0.1, 0.15) is 5.75 Å². The molecule has 0 radical (unpaired) electrons. The standard InChI is InChI=1S/C11H13NOS2/c1-7(2)14-11-12-9-6-8(13-3)4-5-10(9)15-11/h4-7H,1-3H3. The average molecular weight is 239 g/mol. The van der Waals surface area contributed by atoms with E-state index < -0.39 is 0 Å². The molecule has 0 unspecified atom stereocenters. The van der Waals surface area contributed by atoms with Crippen LogP contribution in [-0.2, 0) is 0 Å². The number of nitrogens with zero attached hydrogens (tertiary/aromatic N) is 1. The van der Waals surface area contributed by atoms with Crippen LogP contribution in [0.1, 0.15) is 13.8 Å². The molecule has 0 aliphatic heterocycles. The fourth-order valence-corrected chi connectivity index (χ4v) is 3.54. The van der Waals surface area contributed by atoms with Crippen molar-refractivity contribution < 1.29 is 4.74 Å². The molecule has 0 aliphatic rings. The van der Waals surface area contributed by atoms with E-state index in [-0.39, 0.29) is 0 Å². The van der Waals surface area contributed by atoms with Gasteiger partial charge in [0.25, 0.3) is 0 Å². The van der Waals surface area contributed by atoms with Gasteiger partial charge in [-0.25, -0.2) is 4.98 Å². The molecule has 0 amide bonds. The van der Waals surface area contributed by atoms with Crippen LogP contribution in [0, 0.1) is 0 Å². The molecule has 0 saturated heterocycles. The smallest absolute Gasteiger partial charge is 0.151 e. The Morgan fingerprint density at radius 3 is 2.87 bits per heavy atom. The molecule has 0 bridgehead atoms. The maximum atomic E-state index is 5.17. The van der Waals surface area contributed by atoms with E-state index in [0.29, 0.717) is 5.25 Å². The van der Waals surface area contributed by atoms with E-state index in [9.17, 15) is 0 Å². The molecule has 1 aromatic carbocycles. The number of methoxy groups -OCH3 is 1. The van der Waals surface area contributed by atoms with Crippen LogP contribution in [0.2, 0.25) is 0 Å². The minimum Gasteiger partial charge on any atom is -0.497 e. The van der Waals surface area contributed by atoms with Crippen molar-refractivity contribution in [3.8, 4) is 5.75 Å². The topological polar surface area (TPSA) is 22.1 Å². The number of hydrogen-bond acceptors (Lipinski definition) is 4. The Morgan fingerprint density at radius 2 is 2.20 bits per heavy atom. The number of rotatable bonds is 3. The predicted octanol–water partition coefficient (Wildman–Crippen LogP) is 3.81. The minimum absolute atomic E-state index is 0.576. The molecule has 0 atom stereocenters. The monoisotopic (exact) mass is 239 g/mol. The Labute approximate surface area is 97.7 Å². The Bertz CT molecular complexity index is 465. The van der Waals surface area contributed by atoms with Crippen LogP contribution in [0.15, 0.2) is 22.5 Å². The van der Waals surface area contributed by atoms with Gasteiger partial charge in [0.05, 0.1) is 17.3 Å². The number of benzene rings is 1. The first-order chi connectivity index (χ1) is 7.19. The van der Waals surface area contributed by atoms with Crippen LogP contribution in [0.4, 0.5) is 0 Å². The number of hydrogen-bond donors (Lipinski definition) is 0. The lowest BCUT2D eigenvalue weighted by Gasteiger charge is -1.97. The van der Waals surface area contributed by atoms with E-state index in [1.54, 1.807) is 30.2 Å². The molecule has 0 N–H and O–H groups in total. The van der Waals surface area contributed by atoms with Gasteiger partial charge >= 0.3 is 0 Å². The second-order valence-electron chi connectivity index (χ2n) is 3.48. The van der Waals surface area contributed by atoms with Gasteiger partial charge in [0.2, 0.25) is 0 Å². The Balaban J connectivity index is 2.37. The zero-order chi connectivity index (χ0) is 10.8. The molecule has 1 aromatic heterocycles. The van der Waals surface area contributed by atoms with E-state index in [4.69, 9.17) is 4.74 Å². The molecule has 15 heavy (non-hydrogen) atoms. The number of aromatic nitrogens is 1. The van der Waals surface area contributed by atoms with Gasteiger partial charge in [-0.15, -0.1) is 11.3 Å². The second-order valence-corrected chi connectivity index (χ2v) is 6.33. The fraction of sp³-hybridized carbons (Fsp3) is 0.364. The molecule has 1 heterocycles. The molecular formula is C11H13NOS2. The molecular weight excluding hydrogens is 226 g/mol. The zero-order valence-electron chi connectivity index (χ0n) is 8.98. The SMILES string of the molecule is COc1ccc2sc(SC(C)C)nc2c1. The lowest BCUT2D eigenvalue weighted by Crippen LogP contribution is -1.84. The van der Waals surface area contributed by atoms with Crippen LogP contribution in [-0.4, -0.2) is 17.3 Å². The lowest BCUT2D eigenvalue weighted by atomic mass is 10.3. The minimum atomic E-state index is 0.576. The second kappa shape index (κ2) is 4.41. The molecule has 2 nitrogen and oxygen atoms in total. The van der Waals surface area contributed by atoms with E-state index in [2.05, 4.69) is 24.9 Å². The number of thioether (sulfide) groups is 1. The molecule has 80 valence electrons. The molecule has 0 saturated carbocycles. The van der Waals surface area contributed by atoms with Crippen LogP contribution in [0.25, 0.3) is 10.2 Å². The molecule has 2 rings (SSSR count). The normalized spacial score (nSPS) is 11.2. The van der Waals surface area contributed by atoms with E-state index in [0.717, 1.165) is 15.6 Å². The molecule has 0 spiro atoms. The van der Waals surface area contributed by atoms with Gasteiger partial charge in [-0.2, -0.15) is 0 Å². The van der Waals surface area contributed by atoms with E-state index in [1.165, 1.54) is 4.70 Å². The molecule has 0 aliphatic carbocycles. The number of fused-ring (bicyclic) bond motifs is 1. The van der Waals surface area contributed by atoms with Crippen molar-refractivity contribution in [1.82, 2.24) is 4.98 Å². The van der Waals surface area contributed by atoms with Gasteiger partial charge in [-0.1, -0.05) is 25.6 Å². The summed E-state index contributed by atoms with van der Waals surface area (Å²) in [6.07, 6.45) is 0. The van der Waals surface area contributed by atoms with Crippen LogP contribution < -0.4 is 4.74 Å². The Kier molecular flexibility index (Phi) is 3.17. The molecule has 4 heteroatoms. The highest BCUT2D eigenvalue weighted by molar-refractivity contribution is 8.01. The number of thiazole rings is 1. The third-order valence-corrected chi connectivity index (χ3v) is 4.05. The number of ether oxygens (including phenoxy) is 1. The van der Waals surface area contributed by atoms with Gasteiger partial charge in [0.15, 0.2) is 4.34 Å². The van der Waals surface area contributed by atoms with Crippen molar-refractivity contribution in [2.75, 3.05) is 7.11 Å². The van der Waals surface area contributed by atoms with Gasteiger partial charge in [0, 0.05) is 11.3 Å². The van der Waals surface area contributed by atoms with Crippen molar-refractivity contribution in [2.24, 2.45) is 0 Å². The first-order valence-electron chi connectivity index (χ1n) is 4.80. The summed E-state index contributed by atoms with van der Waals surface area (Å²) >= 11 is 3.55. The Hall–Kier alpha value is -0.740. The van der Waals surface area contributed by atoms with Gasteiger partial charge in [-0.3, -0.25) is 0 Å². The highest BCUT2D eigenvalue weighted by atomic mass is 32.2. The predicted molar refractivity (Wildman–Crippen MR) is 67.2 cm³/mol. The van der Waals surface area contributed by atoms with Crippen molar-refractivity contribution in [3.05, 3.63) is 18.2 Å². The summed E-state index contributed by atoms with van der Waals surface area (Å²) in [6.45, 7) is 4.36. The highest BCUT2D eigenvalue weighted by Gasteiger charge is 2.06. The molecule has 0 fully saturated rings. The van der Waals surface area contributed by atoms with Crippen LogP contribution >= 0.6 is 23.1 Å². The maximum absolute atomic E-state index is 5.17. The van der Waals surface area contributed by atoms with Crippen molar-refractivity contribution >= 4 is 33.3 Å². The lowest BCUT2D eigenvalue weighted by molar-refractivity contribution is 0.415. The third-order valence-electron chi connectivity index (χ3n) is 1.91. The summed E-state index contributed by atoms with van der Waals surface area (Å²) in [7, 11) is 1.68. The fourth-order valence-electron chi connectivity index (χ4n) is 1.27. The van der Waals surface area contributed by atoms with Gasteiger partial charge < -0.3 is 4.74 Å². The largest absolute Gasteiger partial charge is 0.497 e. The zero-order valence-corrected chi connectivity index (χ0v) is 10.6. The summed E-state index contributed by atoms with van der Waals surface area (Å²) in [5, 5.41) is 0.576. The van der Waals surface area contributed by atoms with Crippen molar-refractivity contribution in [1.29, 1.82) is 0 Å². The van der Waals surface area contributed by atoms with Crippen LogP contribution in [0.5, 0.6) is 5.75 Å². The van der Waals surface area contributed by atoms with Crippen LogP contribution in [0.3, 0.4) is 0 Å². The summed E-state index contributed by atoms with van der Waals surface area (Å²) in [5.74, 6) is 0.869. The Morgan fingerprint density at radius 1 is 1.40 bits per heavy atom. The first kappa shape index (κ1) is 10.8. The van der Waals surface area contributed by atoms with E-state index in [1.807, 2.05) is 12.1 Å². The maximum Gasteiger partial charge on any atom is 0.151 e. The van der Waals surface area contributed by atoms with Crippen molar-refractivity contribution in [2.45, 2.75) is 23.4 Å². The third kappa shape index (κ3) is 2.44. The van der Waals surface area contributed by atoms with Gasteiger partial charge in [-0.05, 0) is 12.1 Å². The summed E-state index contributed by atoms with van der Waals surface area (Å²) in [5.41, 5.74) is 1.03. The van der Waals surface area contributed by atoms with E-state index >= 15 is 0 Å². The quantitative estimate of drug-likeness (QED) is 0.760. The summed E-state index contributed by atoms with van der Waals surface area (Å²) in [4.78, 5) is 4.56. The average Bonchev–Trinajstić information content (AvgIpc) is 2.57. The molecule has 2 aromatic rings. The summed E-state index contributed by atoms with van der Waals surface area (Å²) in [6, 6.07) is 6.02.